The quantitative estimate of drug-likeness (QED) is 0.815. The SMILES string of the molecule is CS(=O)(=O)NCCC1CN(C(=O)c2cnoc2)Cc2ccnn2C1. The van der Waals surface area contributed by atoms with Gasteiger partial charge in [-0.15, -0.1) is 0 Å². The Kier molecular flexibility index (Phi) is 4.67. The predicted molar refractivity (Wildman–Crippen MR) is 84.4 cm³/mol. The van der Waals surface area contributed by atoms with Crippen LogP contribution >= 0.6 is 0 Å². The molecule has 1 unspecified atom stereocenters. The summed E-state index contributed by atoms with van der Waals surface area (Å²) in [6.45, 7) is 1.93. The molecule has 0 spiro atoms. The van der Waals surface area contributed by atoms with Crippen LogP contribution in [0.3, 0.4) is 0 Å². The summed E-state index contributed by atoms with van der Waals surface area (Å²) in [7, 11) is -3.22. The Labute approximate surface area is 139 Å². The zero-order valence-electron chi connectivity index (χ0n) is 13.3. The Balaban J connectivity index is 1.74. The second-order valence-electron chi connectivity index (χ2n) is 5.92. The molecule has 3 rings (SSSR count). The first-order valence-corrected chi connectivity index (χ1v) is 9.45. The van der Waals surface area contributed by atoms with Crippen LogP contribution in [0.2, 0.25) is 0 Å². The van der Waals surface area contributed by atoms with Gasteiger partial charge in [-0.05, 0) is 18.4 Å². The smallest absolute Gasteiger partial charge is 0.259 e. The summed E-state index contributed by atoms with van der Waals surface area (Å²) >= 11 is 0. The third-order valence-electron chi connectivity index (χ3n) is 3.95. The molecule has 1 N–H and O–H groups in total. The molecule has 0 radical (unpaired) electrons. The fourth-order valence-electron chi connectivity index (χ4n) is 2.81. The van der Waals surface area contributed by atoms with Crippen LogP contribution in [-0.4, -0.2) is 53.5 Å². The van der Waals surface area contributed by atoms with Crippen molar-refractivity contribution >= 4 is 15.9 Å². The lowest BCUT2D eigenvalue weighted by molar-refractivity contribution is 0.0718. The van der Waals surface area contributed by atoms with Crippen LogP contribution in [0.25, 0.3) is 0 Å². The first kappa shape index (κ1) is 16.7. The molecule has 0 aromatic carbocycles. The van der Waals surface area contributed by atoms with Gasteiger partial charge in [-0.3, -0.25) is 9.48 Å². The fraction of sp³-hybridized carbons (Fsp3) is 0.500. The highest BCUT2D eigenvalue weighted by Gasteiger charge is 2.27. The number of carbonyl (C=O) groups is 1. The molecule has 1 aliphatic heterocycles. The Bertz CT molecular complexity index is 799. The molecular weight excluding hydrogens is 334 g/mol. The van der Waals surface area contributed by atoms with Crippen LogP contribution in [0.5, 0.6) is 0 Å². The van der Waals surface area contributed by atoms with Gasteiger partial charge < -0.3 is 9.42 Å². The summed E-state index contributed by atoms with van der Waals surface area (Å²) < 4.78 is 31.5. The van der Waals surface area contributed by atoms with Gasteiger partial charge in [0.15, 0.2) is 0 Å². The largest absolute Gasteiger partial charge is 0.364 e. The van der Waals surface area contributed by atoms with Gasteiger partial charge in [0, 0.05) is 25.8 Å². The summed E-state index contributed by atoms with van der Waals surface area (Å²) in [5, 5.41) is 7.86. The average molecular weight is 353 g/mol. The number of hydrogen-bond donors (Lipinski definition) is 1. The van der Waals surface area contributed by atoms with Crippen molar-refractivity contribution in [2.24, 2.45) is 5.92 Å². The number of rotatable bonds is 5. The molecule has 0 bridgehead atoms. The lowest BCUT2D eigenvalue weighted by Gasteiger charge is -2.23. The van der Waals surface area contributed by atoms with Gasteiger partial charge in [0.2, 0.25) is 10.0 Å². The number of hydrogen-bond acceptors (Lipinski definition) is 6. The first-order valence-electron chi connectivity index (χ1n) is 7.56. The third kappa shape index (κ3) is 4.01. The number of sulfonamides is 1. The maximum atomic E-state index is 12.6. The van der Waals surface area contributed by atoms with Crippen molar-refractivity contribution < 1.29 is 17.7 Å². The molecule has 0 saturated heterocycles. The molecule has 0 aliphatic carbocycles. The molecule has 1 amide bonds. The summed E-state index contributed by atoms with van der Waals surface area (Å²) in [5.41, 5.74) is 1.34. The monoisotopic (exact) mass is 353 g/mol. The van der Waals surface area contributed by atoms with E-state index in [9.17, 15) is 13.2 Å². The third-order valence-corrected chi connectivity index (χ3v) is 4.68. The van der Waals surface area contributed by atoms with Crippen LogP contribution in [0.1, 0.15) is 22.5 Å². The number of nitrogens with one attached hydrogen (secondary N) is 1. The maximum Gasteiger partial charge on any atom is 0.259 e. The zero-order valence-corrected chi connectivity index (χ0v) is 14.1. The lowest BCUT2D eigenvalue weighted by atomic mass is 10.1. The van der Waals surface area contributed by atoms with E-state index in [0.29, 0.717) is 38.2 Å². The van der Waals surface area contributed by atoms with Gasteiger partial charge in [-0.25, -0.2) is 13.1 Å². The molecule has 130 valence electrons. The van der Waals surface area contributed by atoms with Gasteiger partial charge in [-0.2, -0.15) is 5.10 Å². The predicted octanol–water partition coefficient (Wildman–Crippen LogP) is 0.0826. The van der Waals surface area contributed by atoms with E-state index in [-0.39, 0.29) is 11.8 Å². The molecule has 3 heterocycles. The Morgan fingerprint density at radius 3 is 3.00 bits per heavy atom. The maximum absolute atomic E-state index is 12.6. The van der Waals surface area contributed by atoms with E-state index in [4.69, 9.17) is 4.52 Å². The Morgan fingerprint density at radius 2 is 2.29 bits per heavy atom. The van der Waals surface area contributed by atoms with Gasteiger partial charge >= 0.3 is 0 Å². The van der Waals surface area contributed by atoms with E-state index in [1.165, 1.54) is 12.5 Å². The molecule has 0 saturated carbocycles. The summed E-state index contributed by atoms with van der Waals surface area (Å²) in [6.07, 6.45) is 6.16. The second-order valence-corrected chi connectivity index (χ2v) is 7.76. The summed E-state index contributed by atoms with van der Waals surface area (Å²) in [4.78, 5) is 14.3. The molecule has 2 aromatic rings. The van der Waals surface area contributed by atoms with Crippen molar-refractivity contribution in [3.63, 3.8) is 0 Å². The molecule has 9 nitrogen and oxygen atoms in total. The van der Waals surface area contributed by atoms with Gasteiger partial charge in [0.1, 0.15) is 6.26 Å². The highest BCUT2D eigenvalue weighted by Crippen LogP contribution is 2.20. The van der Waals surface area contributed by atoms with Crippen molar-refractivity contribution in [3.8, 4) is 0 Å². The van der Waals surface area contributed by atoms with E-state index >= 15 is 0 Å². The Hall–Kier alpha value is -2.20. The Morgan fingerprint density at radius 1 is 1.46 bits per heavy atom. The fourth-order valence-corrected chi connectivity index (χ4v) is 3.30. The van der Waals surface area contributed by atoms with E-state index in [1.54, 1.807) is 11.1 Å². The minimum absolute atomic E-state index is 0.0872. The van der Waals surface area contributed by atoms with E-state index in [2.05, 4.69) is 15.0 Å². The number of nitrogens with zero attached hydrogens (tertiary/aromatic N) is 4. The van der Waals surface area contributed by atoms with Crippen molar-refractivity contribution in [3.05, 3.63) is 36.0 Å². The first-order chi connectivity index (χ1) is 11.4. The van der Waals surface area contributed by atoms with Crippen LogP contribution in [0.15, 0.2) is 29.2 Å². The second kappa shape index (κ2) is 6.73. The topological polar surface area (TPSA) is 110 Å². The van der Waals surface area contributed by atoms with Crippen LogP contribution in [-0.2, 0) is 23.1 Å². The highest BCUT2D eigenvalue weighted by atomic mass is 32.2. The standard InChI is InChI=1S/C14H19N5O4S/c1-24(21,22)17-5-2-11-7-18(14(20)12-6-16-23-10-12)9-13-3-4-15-19(13)8-11/h3-4,6,10-11,17H,2,5,7-9H2,1H3. The molecule has 24 heavy (non-hydrogen) atoms. The number of fused-ring (bicyclic) bond motifs is 1. The van der Waals surface area contributed by atoms with Crippen molar-refractivity contribution in [1.29, 1.82) is 0 Å². The minimum atomic E-state index is -3.22. The van der Waals surface area contributed by atoms with Crippen molar-refractivity contribution in [2.75, 3.05) is 19.3 Å². The van der Waals surface area contributed by atoms with Crippen molar-refractivity contribution in [2.45, 2.75) is 19.5 Å². The zero-order chi connectivity index (χ0) is 17.2. The molecular formula is C14H19N5O4S. The molecule has 2 aromatic heterocycles. The van der Waals surface area contributed by atoms with Gasteiger partial charge in [0.05, 0.1) is 30.3 Å². The minimum Gasteiger partial charge on any atom is -0.364 e. The normalized spacial score (nSPS) is 18.2. The molecule has 1 aliphatic rings. The van der Waals surface area contributed by atoms with E-state index in [0.717, 1.165) is 11.9 Å². The number of aromatic nitrogens is 3. The number of amides is 1. The molecule has 0 fully saturated rings. The molecule has 1 atom stereocenters. The number of carbonyl (C=O) groups excluding carboxylic acids is 1. The van der Waals surface area contributed by atoms with Crippen molar-refractivity contribution in [1.82, 2.24) is 24.6 Å². The summed E-state index contributed by atoms with van der Waals surface area (Å²) in [5.74, 6) is -0.0730. The average Bonchev–Trinajstić information content (AvgIpc) is 3.14. The van der Waals surface area contributed by atoms with E-state index < -0.39 is 10.0 Å². The van der Waals surface area contributed by atoms with Crippen LogP contribution in [0, 0.1) is 5.92 Å². The lowest BCUT2D eigenvalue weighted by Crippen LogP contribution is -2.35. The highest BCUT2D eigenvalue weighted by molar-refractivity contribution is 7.88. The van der Waals surface area contributed by atoms with Gasteiger partial charge in [-0.1, -0.05) is 5.16 Å². The van der Waals surface area contributed by atoms with Gasteiger partial charge in [0.25, 0.3) is 5.91 Å². The van der Waals surface area contributed by atoms with Crippen LogP contribution < -0.4 is 4.72 Å². The molecule has 10 heteroatoms. The summed E-state index contributed by atoms with van der Waals surface area (Å²) in [6, 6.07) is 1.88. The van der Waals surface area contributed by atoms with E-state index in [1.807, 2.05) is 10.7 Å². The van der Waals surface area contributed by atoms with Crippen LogP contribution in [0.4, 0.5) is 0 Å².